The first kappa shape index (κ1) is 24.5. The molecule has 0 saturated heterocycles. The molecule has 1 unspecified atom stereocenters. The molecule has 4 rings (SSSR count). The average molecular weight is 489 g/mol. The zero-order chi connectivity index (χ0) is 24.2. The third kappa shape index (κ3) is 5.09. The minimum atomic E-state index is -4.86. The molecule has 0 amide bonds. The highest BCUT2D eigenvalue weighted by Gasteiger charge is 2.47. The van der Waals surface area contributed by atoms with Crippen molar-refractivity contribution in [3.63, 3.8) is 0 Å². The highest BCUT2D eigenvalue weighted by molar-refractivity contribution is 7.90. The van der Waals surface area contributed by atoms with E-state index >= 15 is 4.39 Å². The van der Waals surface area contributed by atoms with Crippen LogP contribution < -0.4 is 4.72 Å². The topological polar surface area (TPSA) is 51.1 Å². The molecule has 1 heterocycles. The number of nitrogens with zero attached hydrogens (tertiary/aromatic N) is 1. The van der Waals surface area contributed by atoms with Crippen molar-refractivity contribution in [2.75, 3.05) is 0 Å². The van der Waals surface area contributed by atoms with Crippen LogP contribution in [0.4, 0.5) is 17.6 Å². The van der Waals surface area contributed by atoms with Crippen molar-refractivity contribution in [1.82, 2.24) is 9.29 Å². The fraction of sp³-hybridized carbons (Fsp3) is 0.667. The fourth-order valence-electron chi connectivity index (χ4n) is 5.02. The van der Waals surface area contributed by atoms with Gasteiger partial charge in [0.1, 0.15) is 11.9 Å². The van der Waals surface area contributed by atoms with Crippen LogP contribution in [0.3, 0.4) is 0 Å². The number of hydrogen-bond donors (Lipinski definition) is 1. The Morgan fingerprint density at radius 3 is 2.21 bits per heavy atom. The number of aromatic nitrogens is 1. The van der Waals surface area contributed by atoms with E-state index in [2.05, 4.69) is 0 Å². The fourth-order valence-corrected chi connectivity index (χ4v) is 6.76. The maximum absolute atomic E-state index is 15.2. The highest BCUT2D eigenvalue weighted by Crippen LogP contribution is 2.42. The summed E-state index contributed by atoms with van der Waals surface area (Å²) in [5.74, 6) is -0.460. The zero-order valence-corrected chi connectivity index (χ0v) is 20.1. The van der Waals surface area contributed by atoms with Crippen molar-refractivity contribution in [3.05, 3.63) is 35.3 Å². The van der Waals surface area contributed by atoms with Gasteiger partial charge in [-0.2, -0.15) is 17.9 Å². The monoisotopic (exact) mass is 488 g/mol. The van der Waals surface area contributed by atoms with E-state index in [9.17, 15) is 21.6 Å². The molecule has 1 aromatic heterocycles. The molecule has 2 aromatic rings. The van der Waals surface area contributed by atoms with Crippen LogP contribution in [0.5, 0.6) is 0 Å². The molecule has 1 aromatic carbocycles. The summed E-state index contributed by atoms with van der Waals surface area (Å²) in [6, 6.07) is 0.431. The average Bonchev–Trinajstić information content (AvgIpc) is 3.23. The van der Waals surface area contributed by atoms with Crippen LogP contribution in [-0.2, 0) is 16.6 Å². The van der Waals surface area contributed by atoms with E-state index in [0.717, 1.165) is 25.7 Å². The summed E-state index contributed by atoms with van der Waals surface area (Å²) in [6.07, 6.45) is 1.63. The van der Waals surface area contributed by atoms with Crippen molar-refractivity contribution >= 4 is 20.9 Å². The van der Waals surface area contributed by atoms with Crippen LogP contribution in [0.15, 0.2) is 18.3 Å². The predicted octanol–water partition coefficient (Wildman–Crippen LogP) is 6.56. The Balaban J connectivity index is 1.86. The van der Waals surface area contributed by atoms with Gasteiger partial charge in [-0.05, 0) is 54.7 Å². The molecule has 2 saturated carbocycles. The molecule has 4 nitrogen and oxygen atoms in total. The van der Waals surface area contributed by atoms with Crippen LogP contribution in [0.1, 0.15) is 88.8 Å². The van der Waals surface area contributed by atoms with E-state index in [1.807, 2.05) is 25.5 Å². The van der Waals surface area contributed by atoms with Crippen LogP contribution >= 0.6 is 0 Å². The van der Waals surface area contributed by atoms with Crippen molar-refractivity contribution < 1.29 is 26.0 Å². The van der Waals surface area contributed by atoms with Gasteiger partial charge in [0.15, 0.2) is 0 Å². The molecule has 0 bridgehead atoms. The summed E-state index contributed by atoms with van der Waals surface area (Å²) < 4.78 is 86.6. The molecule has 33 heavy (non-hydrogen) atoms. The van der Waals surface area contributed by atoms with Gasteiger partial charge in [0.05, 0.1) is 5.25 Å². The number of hydrogen-bond acceptors (Lipinski definition) is 2. The van der Waals surface area contributed by atoms with Crippen molar-refractivity contribution in [2.24, 2.45) is 5.41 Å². The Hall–Kier alpha value is -1.61. The smallest absolute Gasteiger partial charge is 0.347 e. The molecule has 2 fully saturated rings. The number of benzene rings is 1. The minimum Gasteiger partial charge on any atom is -0.347 e. The molecular weight excluding hydrogens is 456 g/mol. The first-order valence-electron chi connectivity index (χ1n) is 11.7. The molecule has 0 aliphatic heterocycles. The molecule has 0 radical (unpaired) electrons. The summed E-state index contributed by atoms with van der Waals surface area (Å²) in [4.78, 5) is 0. The van der Waals surface area contributed by atoms with Gasteiger partial charge >= 0.3 is 6.18 Å². The van der Waals surface area contributed by atoms with E-state index in [0.29, 0.717) is 36.9 Å². The Bertz CT molecular complexity index is 1120. The number of rotatable bonds is 6. The van der Waals surface area contributed by atoms with Gasteiger partial charge in [-0.3, -0.25) is 0 Å². The Morgan fingerprint density at radius 2 is 1.70 bits per heavy atom. The number of nitrogens with one attached hydrogen (secondary N) is 1. The summed E-state index contributed by atoms with van der Waals surface area (Å²) in [5, 5.41) is -0.701. The molecular formula is C24H32F4N2O2S. The highest BCUT2D eigenvalue weighted by atomic mass is 32.2. The quantitative estimate of drug-likeness (QED) is 0.468. The van der Waals surface area contributed by atoms with Crippen LogP contribution in [0, 0.1) is 11.2 Å². The van der Waals surface area contributed by atoms with Gasteiger partial charge < -0.3 is 4.57 Å². The van der Waals surface area contributed by atoms with E-state index in [1.165, 1.54) is 12.3 Å². The van der Waals surface area contributed by atoms with E-state index in [-0.39, 0.29) is 22.3 Å². The second-order valence-electron chi connectivity index (χ2n) is 10.8. The lowest BCUT2D eigenvalue weighted by Gasteiger charge is -2.29. The number of fused-ring (bicyclic) bond motifs is 1. The van der Waals surface area contributed by atoms with Gasteiger partial charge in [0, 0.05) is 29.2 Å². The van der Waals surface area contributed by atoms with Gasteiger partial charge in [0.25, 0.3) is 0 Å². The summed E-state index contributed by atoms with van der Waals surface area (Å²) in [7, 11) is -4.15. The second-order valence-corrected chi connectivity index (χ2v) is 12.8. The first-order chi connectivity index (χ1) is 15.3. The SMILES string of the molecule is CC(C)(C)Cn1cc(C(NS(=O)(=O)C2CCC2)C(F)(F)F)c2cc(F)c(C3CCCC3)cc21. The molecule has 0 spiro atoms. The van der Waals surface area contributed by atoms with Crippen molar-refractivity contribution in [2.45, 2.75) is 95.6 Å². The second kappa shape index (κ2) is 8.56. The van der Waals surface area contributed by atoms with Gasteiger partial charge in [-0.25, -0.2) is 12.8 Å². The number of sulfonamides is 1. The maximum Gasteiger partial charge on any atom is 0.408 e. The predicted molar refractivity (Wildman–Crippen MR) is 121 cm³/mol. The van der Waals surface area contributed by atoms with Gasteiger partial charge in [-0.1, -0.05) is 40.0 Å². The Labute approximate surface area is 192 Å². The summed E-state index contributed by atoms with van der Waals surface area (Å²) in [5.41, 5.74) is 0.560. The Morgan fingerprint density at radius 1 is 1.06 bits per heavy atom. The lowest BCUT2D eigenvalue weighted by molar-refractivity contribution is -0.152. The molecule has 1 atom stereocenters. The van der Waals surface area contributed by atoms with Crippen LogP contribution in [0.25, 0.3) is 10.9 Å². The third-order valence-corrected chi connectivity index (χ3v) is 8.79. The lowest BCUT2D eigenvalue weighted by Crippen LogP contribution is -2.44. The largest absolute Gasteiger partial charge is 0.408 e. The van der Waals surface area contributed by atoms with E-state index < -0.39 is 33.3 Å². The minimum absolute atomic E-state index is 0.0615. The van der Waals surface area contributed by atoms with Crippen molar-refractivity contribution in [1.29, 1.82) is 0 Å². The van der Waals surface area contributed by atoms with Crippen LogP contribution in [-0.4, -0.2) is 24.4 Å². The van der Waals surface area contributed by atoms with Crippen LogP contribution in [0.2, 0.25) is 0 Å². The zero-order valence-electron chi connectivity index (χ0n) is 19.3. The standard InChI is InChI=1S/C24H32F4N2O2S/c1-23(2,3)14-30-13-19(22(24(26,27)28)29-33(31,32)16-9-6-10-16)18-11-20(25)17(12-21(18)30)15-7-4-5-8-15/h11-13,15-16,22,29H,4-10,14H2,1-3H3. The molecule has 9 heteroatoms. The number of alkyl halides is 3. The molecule has 2 aliphatic carbocycles. The maximum atomic E-state index is 15.2. The number of halogens is 4. The molecule has 184 valence electrons. The third-order valence-electron chi connectivity index (χ3n) is 6.88. The first-order valence-corrected chi connectivity index (χ1v) is 13.2. The summed E-state index contributed by atoms with van der Waals surface area (Å²) in [6.45, 7) is 6.33. The van der Waals surface area contributed by atoms with Gasteiger partial charge in [0.2, 0.25) is 10.0 Å². The van der Waals surface area contributed by atoms with Gasteiger partial charge in [-0.15, -0.1) is 0 Å². The molecule has 1 N–H and O–H groups in total. The van der Waals surface area contributed by atoms with Crippen molar-refractivity contribution in [3.8, 4) is 0 Å². The normalized spacial score (nSPS) is 19.8. The summed E-state index contributed by atoms with van der Waals surface area (Å²) >= 11 is 0. The van der Waals surface area contributed by atoms with E-state index in [1.54, 1.807) is 10.6 Å². The lowest BCUT2D eigenvalue weighted by atomic mass is 9.94. The van der Waals surface area contributed by atoms with E-state index in [4.69, 9.17) is 0 Å². The molecule has 2 aliphatic rings. The Kier molecular flexibility index (Phi) is 6.36.